The highest BCUT2D eigenvalue weighted by Crippen LogP contribution is 2.46. The molecule has 1 unspecified atom stereocenters. The summed E-state index contributed by atoms with van der Waals surface area (Å²) in [5.41, 5.74) is 3.55. The minimum atomic E-state index is -0.297. The summed E-state index contributed by atoms with van der Waals surface area (Å²) in [5, 5.41) is 1.88. The van der Waals surface area contributed by atoms with Gasteiger partial charge in [-0.1, -0.05) is 42.5 Å². The Kier molecular flexibility index (Phi) is 6.59. The molecule has 1 aromatic heterocycles. The van der Waals surface area contributed by atoms with Gasteiger partial charge in [-0.2, -0.15) is 0 Å². The topological polar surface area (TPSA) is 35.5 Å². The summed E-state index contributed by atoms with van der Waals surface area (Å²) < 4.78 is 25.8. The lowest BCUT2D eigenvalue weighted by atomic mass is 9.81. The molecule has 0 radical (unpaired) electrons. The summed E-state index contributed by atoms with van der Waals surface area (Å²) in [5.74, 6) is 1.54. The molecule has 3 nitrogen and oxygen atoms in total. The van der Waals surface area contributed by atoms with Crippen molar-refractivity contribution in [2.45, 2.75) is 12.8 Å². The van der Waals surface area contributed by atoms with Crippen molar-refractivity contribution in [2.24, 2.45) is 0 Å². The van der Waals surface area contributed by atoms with Crippen LogP contribution in [-0.2, 0) is 0 Å². The van der Waals surface area contributed by atoms with Crippen LogP contribution in [0.25, 0.3) is 5.76 Å². The van der Waals surface area contributed by atoms with Gasteiger partial charge in [0, 0.05) is 22.6 Å². The van der Waals surface area contributed by atoms with Gasteiger partial charge in [0.15, 0.2) is 5.78 Å². The van der Waals surface area contributed by atoms with Crippen LogP contribution in [-0.4, -0.2) is 12.4 Å². The second-order valence-electron chi connectivity index (χ2n) is 8.04. The molecule has 3 aromatic carbocycles. The molecule has 0 bridgehead atoms. The number of allylic oxidation sites excluding steroid dienone is 3. The van der Waals surface area contributed by atoms with Crippen LogP contribution < -0.4 is 9.47 Å². The average Bonchev–Trinajstić information content (AvgIpc) is 3.43. The molecule has 0 saturated heterocycles. The van der Waals surface area contributed by atoms with Crippen LogP contribution in [0.3, 0.4) is 0 Å². The van der Waals surface area contributed by atoms with E-state index >= 15 is 0 Å². The van der Waals surface area contributed by atoms with E-state index in [2.05, 4.69) is 0 Å². The number of rotatable bonds is 7. The lowest BCUT2D eigenvalue weighted by Crippen LogP contribution is -2.16. The molecule has 1 atom stereocenters. The lowest BCUT2D eigenvalue weighted by Gasteiger charge is -2.30. The van der Waals surface area contributed by atoms with Gasteiger partial charge in [-0.3, -0.25) is 4.79 Å². The molecule has 0 aliphatic carbocycles. The van der Waals surface area contributed by atoms with Gasteiger partial charge in [0.1, 0.15) is 23.1 Å². The molecule has 5 rings (SSSR count). The van der Waals surface area contributed by atoms with Crippen LogP contribution >= 0.6 is 11.3 Å². The van der Waals surface area contributed by atoms with E-state index in [-0.39, 0.29) is 17.5 Å². The fraction of sp³-hybridized carbons (Fsp3) is 0.100. The van der Waals surface area contributed by atoms with Crippen LogP contribution in [0.2, 0.25) is 0 Å². The summed E-state index contributed by atoms with van der Waals surface area (Å²) in [7, 11) is 0. The predicted molar refractivity (Wildman–Crippen MR) is 138 cm³/mol. The van der Waals surface area contributed by atoms with Gasteiger partial charge in [-0.05, 0) is 72.5 Å². The van der Waals surface area contributed by atoms with Crippen molar-refractivity contribution < 1.29 is 18.7 Å². The van der Waals surface area contributed by atoms with E-state index in [1.807, 2.05) is 79.0 Å². The standard InChI is InChI=1S/C30H23FO3S/c1-2-33-23-15-11-21(12-16-23)30-25(17-18-26(32)28-8-5-19-35-28)29(20-9-13-22(31)14-10-20)24-6-3-4-7-27(24)34-30/h3-19,29H,2H2,1H3. The summed E-state index contributed by atoms with van der Waals surface area (Å²) >= 11 is 1.40. The number of thiophene rings is 1. The third-order valence-corrected chi connectivity index (χ3v) is 6.71. The summed E-state index contributed by atoms with van der Waals surface area (Å²) in [6, 6.07) is 25.7. The fourth-order valence-electron chi connectivity index (χ4n) is 4.23. The van der Waals surface area contributed by atoms with Crippen LogP contribution in [0.15, 0.2) is 108 Å². The van der Waals surface area contributed by atoms with E-state index in [9.17, 15) is 9.18 Å². The number of ketones is 1. The van der Waals surface area contributed by atoms with Crippen LogP contribution in [0, 0.1) is 5.82 Å². The van der Waals surface area contributed by atoms with E-state index in [0.717, 1.165) is 33.8 Å². The zero-order chi connectivity index (χ0) is 24.2. The van der Waals surface area contributed by atoms with Crippen molar-refractivity contribution in [1.29, 1.82) is 0 Å². The van der Waals surface area contributed by atoms with Gasteiger partial charge in [-0.15, -0.1) is 11.3 Å². The van der Waals surface area contributed by atoms with E-state index in [4.69, 9.17) is 9.47 Å². The molecule has 4 aromatic rings. The SMILES string of the molecule is CCOc1ccc(C2=C(C=CC(=O)c3cccs3)C(c3ccc(F)cc3)c3ccccc3O2)cc1. The largest absolute Gasteiger partial charge is 0.494 e. The number of ether oxygens (including phenoxy) is 2. The highest BCUT2D eigenvalue weighted by atomic mass is 32.1. The first kappa shape index (κ1) is 22.8. The van der Waals surface area contributed by atoms with Crippen molar-refractivity contribution in [3.05, 3.63) is 135 Å². The van der Waals surface area contributed by atoms with Crippen molar-refractivity contribution in [3.63, 3.8) is 0 Å². The quantitative estimate of drug-likeness (QED) is 0.200. The number of carbonyl (C=O) groups is 1. The smallest absolute Gasteiger partial charge is 0.195 e. The number of fused-ring (bicyclic) bond motifs is 1. The molecule has 0 saturated carbocycles. The molecule has 35 heavy (non-hydrogen) atoms. The number of hydrogen-bond acceptors (Lipinski definition) is 4. The number of hydrogen-bond donors (Lipinski definition) is 0. The Bertz CT molecular complexity index is 1380. The maximum atomic E-state index is 13.8. The second kappa shape index (κ2) is 10.1. The van der Waals surface area contributed by atoms with Gasteiger partial charge in [-0.25, -0.2) is 4.39 Å². The zero-order valence-corrected chi connectivity index (χ0v) is 19.9. The van der Waals surface area contributed by atoms with Gasteiger partial charge >= 0.3 is 0 Å². The molecular formula is C30H23FO3S. The summed E-state index contributed by atoms with van der Waals surface area (Å²) in [4.78, 5) is 13.5. The molecule has 0 spiro atoms. The first-order valence-electron chi connectivity index (χ1n) is 11.4. The zero-order valence-electron chi connectivity index (χ0n) is 19.1. The van der Waals surface area contributed by atoms with Crippen molar-refractivity contribution in [2.75, 3.05) is 6.61 Å². The average molecular weight is 483 g/mol. The van der Waals surface area contributed by atoms with E-state index in [0.29, 0.717) is 17.2 Å². The molecule has 1 aliphatic rings. The maximum absolute atomic E-state index is 13.8. The predicted octanol–water partition coefficient (Wildman–Crippen LogP) is 7.66. The fourth-order valence-corrected chi connectivity index (χ4v) is 4.87. The third kappa shape index (κ3) is 4.81. The molecule has 174 valence electrons. The summed E-state index contributed by atoms with van der Waals surface area (Å²) in [6.45, 7) is 2.52. The third-order valence-electron chi connectivity index (χ3n) is 5.82. The van der Waals surface area contributed by atoms with Crippen LogP contribution in [0.1, 0.15) is 39.2 Å². The number of benzene rings is 3. The molecule has 5 heteroatoms. The molecular weight excluding hydrogens is 459 g/mol. The normalized spacial score (nSPS) is 15.1. The Morgan fingerprint density at radius 2 is 1.77 bits per heavy atom. The van der Waals surface area contributed by atoms with Gasteiger partial charge in [0.2, 0.25) is 0 Å². The Hall–Kier alpha value is -3.96. The Morgan fingerprint density at radius 3 is 2.49 bits per heavy atom. The maximum Gasteiger partial charge on any atom is 0.195 e. The number of carbonyl (C=O) groups excluding carboxylic acids is 1. The van der Waals surface area contributed by atoms with E-state index in [1.165, 1.54) is 23.5 Å². The summed E-state index contributed by atoms with van der Waals surface area (Å²) in [6.07, 6.45) is 3.42. The Labute approximate surface area is 207 Å². The van der Waals surface area contributed by atoms with Gasteiger partial charge in [0.25, 0.3) is 0 Å². The van der Waals surface area contributed by atoms with Crippen molar-refractivity contribution >= 4 is 22.9 Å². The van der Waals surface area contributed by atoms with E-state index in [1.54, 1.807) is 18.2 Å². The molecule has 0 N–H and O–H groups in total. The van der Waals surface area contributed by atoms with Crippen molar-refractivity contribution in [1.82, 2.24) is 0 Å². The monoisotopic (exact) mass is 482 g/mol. The van der Waals surface area contributed by atoms with Gasteiger partial charge in [0.05, 0.1) is 11.5 Å². The minimum absolute atomic E-state index is 0.0738. The molecule has 0 fully saturated rings. The van der Waals surface area contributed by atoms with Gasteiger partial charge < -0.3 is 9.47 Å². The lowest BCUT2D eigenvalue weighted by molar-refractivity contribution is 0.105. The highest BCUT2D eigenvalue weighted by Gasteiger charge is 2.30. The molecule has 1 aliphatic heterocycles. The highest BCUT2D eigenvalue weighted by molar-refractivity contribution is 7.12. The molecule has 2 heterocycles. The second-order valence-corrected chi connectivity index (χ2v) is 8.99. The first-order chi connectivity index (χ1) is 17.1. The minimum Gasteiger partial charge on any atom is -0.494 e. The van der Waals surface area contributed by atoms with Crippen LogP contribution in [0.4, 0.5) is 4.39 Å². The van der Waals surface area contributed by atoms with E-state index < -0.39 is 0 Å². The molecule has 0 amide bonds. The van der Waals surface area contributed by atoms with Crippen molar-refractivity contribution in [3.8, 4) is 11.5 Å². The van der Waals surface area contributed by atoms with Crippen LogP contribution in [0.5, 0.6) is 11.5 Å². The Balaban J connectivity index is 1.68. The first-order valence-corrected chi connectivity index (χ1v) is 12.3. The Morgan fingerprint density at radius 1 is 1.00 bits per heavy atom. The number of halogens is 1. The number of para-hydroxylation sites is 1.